The number of nitriles is 1. The molecule has 7 nitrogen and oxygen atoms in total. The van der Waals surface area contributed by atoms with Crippen LogP contribution in [0.4, 0.5) is 5.69 Å². The van der Waals surface area contributed by atoms with Crippen LogP contribution in [0.1, 0.15) is 24.0 Å². The fourth-order valence-corrected chi connectivity index (χ4v) is 4.61. The van der Waals surface area contributed by atoms with Crippen LogP contribution in [0.5, 0.6) is 5.75 Å². The highest BCUT2D eigenvalue weighted by molar-refractivity contribution is 7.89. The lowest BCUT2D eigenvalue weighted by Crippen LogP contribution is -2.26. The summed E-state index contributed by atoms with van der Waals surface area (Å²) in [5.41, 5.74) is 2.28. The number of benzene rings is 3. The number of hydrogen-bond donors (Lipinski definition) is 2. The van der Waals surface area contributed by atoms with Crippen LogP contribution >= 0.6 is 0 Å². The molecule has 174 valence electrons. The second-order valence-electron chi connectivity index (χ2n) is 8.21. The third kappa shape index (κ3) is 5.81. The van der Waals surface area contributed by atoms with Gasteiger partial charge in [0.05, 0.1) is 16.4 Å². The minimum Gasteiger partial charge on any atom is -0.484 e. The van der Waals surface area contributed by atoms with Gasteiger partial charge in [-0.2, -0.15) is 5.26 Å². The predicted molar refractivity (Wildman–Crippen MR) is 129 cm³/mol. The maximum absolute atomic E-state index is 12.5. The van der Waals surface area contributed by atoms with E-state index in [4.69, 9.17) is 4.74 Å². The van der Waals surface area contributed by atoms with Gasteiger partial charge in [0.1, 0.15) is 5.75 Å². The molecule has 1 aliphatic carbocycles. The maximum atomic E-state index is 12.5. The molecule has 0 atom stereocenters. The molecule has 1 saturated carbocycles. The first-order valence-electron chi connectivity index (χ1n) is 11.0. The summed E-state index contributed by atoms with van der Waals surface area (Å²) in [6, 6.07) is 25.2. The topological polar surface area (TPSA) is 108 Å². The van der Waals surface area contributed by atoms with E-state index < -0.39 is 10.0 Å². The number of carbonyl (C=O) groups excluding carboxylic acids is 1. The third-order valence-corrected chi connectivity index (χ3v) is 7.21. The number of rotatable bonds is 10. The molecule has 0 aliphatic heterocycles. The highest BCUT2D eigenvalue weighted by Gasteiger charge is 2.44. The van der Waals surface area contributed by atoms with Crippen molar-refractivity contribution in [3.05, 3.63) is 90.0 Å². The molecule has 3 aromatic rings. The van der Waals surface area contributed by atoms with Crippen molar-refractivity contribution in [1.82, 2.24) is 4.72 Å². The third-order valence-electron chi connectivity index (χ3n) is 5.74. The van der Waals surface area contributed by atoms with Crippen LogP contribution < -0.4 is 14.8 Å². The normalized spacial score (nSPS) is 14.1. The van der Waals surface area contributed by atoms with Crippen molar-refractivity contribution >= 4 is 21.6 Å². The molecular formula is C26H25N3O4S. The summed E-state index contributed by atoms with van der Waals surface area (Å²) >= 11 is 0. The Labute approximate surface area is 199 Å². The van der Waals surface area contributed by atoms with Crippen molar-refractivity contribution < 1.29 is 17.9 Å². The molecule has 1 aliphatic rings. The molecule has 0 aromatic heterocycles. The molecular weight excluding hydrogens is 450 g/mol. The van der Waals surface area contributed by atoms with Gasteiger partial charge in [0.2, 0.25) is 10.0 Å². The standard InChI is InChI=1S/C26H25N3O4S/c27-19-26(15-16-26)21-6-8-22(9-7-21)29-25(30)18-33-23-10-12-24(13-11-23)34(31,32)28-17-14-20-4-2-1-3-5-20/h1-13,28H,14-18H2,(H,29,30). The Morgan fingerprint density at radius 3 is 2.26 bits per heavy atom. The lowest BCUT2D eigenvalue weighted by molar-refractivity contribution is -0.118. The fraction of sp³-hybridized carbons (Fsp3) is 0.231. The fourth-order valence-electron chi connectivity index (χ4n) is 3.58. The Kier molecular flexibility index (Phi) is 6.96. The number of sulfonamides is 1. The number of anilines is 1. The van der Waals surface area contributed by atoms with E-state index in [0.717, 1.165) is 24.0 Å². The molecule has 1 fully saturated rings. The molecule has 0 heterocycles. The van der Waals surface area contributed by atoms with Gasteiger partial charge in [0.15, 0.2) is 6.61 Å². The van der Waals surface area contributed by atoms with Gasteiger partial charge < -0.3 is 10.1 Å². The molecule has 3 aromatic carbocycles. The van der Waals surface area contributed by atoms with E-state index in [1.165, 1.54) is 24.3 Å². The zero-order valence-electron chi connectivity index (χ0n) is 18.5. The molecule has 0 radical (unpaired) electrons. The van der Waals surface area contributed by atoms with Crippen LogP contribution in [0.15, 0.2) is 83.8 Å². The highest BCUT2D eigenvalue weighted by Crippen LogP contribution is 2.47. The average molecular weight is 476 g/mol. The summed E-state index contributed by atoms with van der Waals surface area (Å²) < 4.78 is 33.0. The molecule has 8 heteroatoms. The Morgan fingerprint density at radius 1 is 0.971 bits per heavy atom. The van der Waals surface area contributed by atoms with E-state index >= 15 is 0 Å². The summed E-state index contributed by atoms with van der Waals surface area (Å²) in [6.07, 6.45) is 2.33. The largest absolute Gasteiger partial charge is 0.484 e. The van der Waals surface area contributed by atoms with Gasteiger partial charge in [-0.3, -0.25) is 4.79 Å². The first kappa shape index (κ1) is 23.5. The van der Waals surface area contributed by atoms with Gasteiger partial charge >= 0.3 is 0 Å². The molecule has 0 bridgehead atoms. The van der Waals surface area contributed by atoms with Crippen LogP contribution in [0, 0.1) is 11.3 Å². The van der Waals surface area contributed by atoms with Crippen LogP contribution in [0.3, 0.4) is 0 Å². The number of nitrogens with zero attached hydrogens (tertiary/aromatic N) is 1. The first-order chi connectivity index (χ1) is 16.4. The number of carbonyl (C=O) groups is 1. The second kappa shape index (κ2) is 10.1. The smallest absolute Gasteiger partial charge is 0.262 e. The Balaban J connectivity index is 1.24. The number of nitrogens with one attached hydrogen (secondary N) is 2. The lowest BCUT2D eigenvalue weighted by atomic mass is 9.98. The van der Waals surface area contributed by atoms with Crippen molar-refractivity contribution in [2.45, 2.75) is 29.6 Å². The number of ether oxygens (including phenoxy) is 1. The minimum atomic E-state index is -3.64. The molecule has 2 N–H and O–H groups in total. The van der Waals surface area contributed by atoms with E-state index in [9.17, 15) is 18.5 Å². The minimum absolute atomic E-state index is 0.128. The Morgan fingerprint density at radius 2 is 1.65 bits per heavy atom. The molecule has 1 amide bonds. The second-order valence-corrected chi connectivity index (χ2v) is 9.98. The van der Waals surface area contributed by atoms with E-state index in [1.807, 2.05) is 42.5 Å². The van der Waals surface area contributed by atoms with Gasteiger partial charge in [-0.25, -0.2) is 13.1 Å². The van der Waals surface area contributed by atoms with Gasteiger partial charge in [0.25, 0.3) is 5.91 Å². The van der Waals surface area contributed by atoms with E-state index in [1.54, 1.807) is 12.1 Å². The molecule has 4 rings (SSSR count). The van der Waals surface area contributed by atoms with Crippen LogP contribution in [-0.2, 0) is 26.7 Å². The van der Waals surface area contributed by atoms with Gasteiger partial charge in [-0.1, -0.05) is 42.5 Å². The molecule has 0 unspecified atom stereocenters. The zero-order chi connectivity index (χ0) is 24.0. The SMILES string of the molecule is N#CC1(c2ccc(NC(=O)COc3ccc(S(=O)(=O)NCCc4ccccc4)cc3)cc2)CC1. The first-order valence-corrected chi connectivity index (χ1v) is 12.5. The summed E-state index contributed by atoms with van der Waals surface area (Å²) in [5, 5.41) is 12.0. The Bertz CT molecular complexity index is 1280. The van der Waals surface area contributed by atoms with Crippen molar-refractivity contribution in [2.24, 2.45) is 0 Å². The van der Waals surface area contributed by atoms with Crippen molar-refractivity contribution in [3.8, 4) is 11.8 Å². The number of hydrogen-bond acceptors (Lipinski definition) is 5. The monoisotopic (exact) mass is 475 g/mol. The zero-order valence-corrected chi connectivity index (χ0v) is 19.3. The summed E-state index contributed by atoms with van der Waals surface area (Å²) in [5.74, 6) is 0.0480. The van der Waals surface area contributed by atoms with Crippen LogP contribution in [0.2, 0.25) is 0 Å². The predicted octanol–water partition coefficient (Wildman–Crippen LogP) is 3.78. The summed E-state index contributed by atoms with van der Waals surface area (Å²) in [7, 11) is -3.64. The molecule has 34 heavy (non-hydrogen) atoms. The van der Waals surface area contributed by atoms with E-state index in [2.05, 4.69) is 16.1 Å². The van der Waals surface area contributed by atoms with E-state index in [0.29, 0.717) is 24.4 Å². The average Bonchev–Trinajstić information content (AvgIpc) is 3.65. The van der Waals surface area contributed by atoms with Crippen molar-refractivity contribution in [3.63, 3.8) is 0 Å². The Hall–Kier alpha value is -3.67. The van der Waals surface area contributed by atoms with Crippen molar-refractivity contribution in [1.29, 1.82) is 5.26 Å². The van der Waals surface area contributed by atoms with Gasteiger partial charge in [0, 0.05) is 12.2 Å². The molecule has 0 spiro atoms. The summed E-state index contributed by atoms with van der Waals surface area (Å²) in [6.45, 7) is 0.0779. The quantitative estimate of drug-likeness (QED) is 0.464. The van der Waals surface area contributed by atoms with E-state index in [-0.39, 0.29) is 22.8 Å². The van der Waals surface area contributed by atoms with Crippen LogP contribution in [-0.4, -0.2) is 27.5 Å². The lowest BCUT2D eigenvalue weighted by Gasteiger charge is -2.10. The highest BCUT2D eigenvalue weighted by atomic mass is 32.2. The molecule has 0 saturated heterocycles. The van der Waals surface area contributed by atoms with Crippen LogP contribution in [0.25, 0.3) is 0 Å². The summed E-state index contributed by atoms with van der Waals surface area (Å²) in [4.78, 5) is 12.3. The maximum Gasteiger partial charge on any atom is 0.262 e. The van der Waals surface area contributed by atoms with Gasteiger partial charge in [-0.05, 0) is 66.8 Å². The van der Waals surface area contributed by atoms with Crippen molar-refractivity contribution in [2.75, 3.05) is 18.5 Å². The van der Waals surface area contributed by atoms with Gasteiger partial charge in [-0.15, -0.1) is 0 Å². The number of amides is 1.